The Morgan fingerprint density at radius 2 is 2.33 bits per heavy atom. The van der Waals surface area contributed by atoms with Crippen molar-refractivity contribution >= 4 is 11.6 Å². The van der Waals surface area contributed by atoms with Crippen molar-refractivity contribution in [1.29, 1.82) is 5.26 Å². The number of nitrogens with zero attached hydrogens (tertiary/aromatic N) is 1. The van der Waals surface area contributed by atoms with Crippen LogP contribution < -0.4 is 10.5 Å². The highest BCUT2D eigenvalue weighted by molar-refractivity contribution is 6.32. The largest absolute Gasteiger partial charge is 0.503 e. The third-order valence-electron chi connectivity index (χ3n) is 2.01. The van der Waals surface area contributed by atoms with E-state index in [1.807, 2.05) is 6.07 Å². The topological polar surface area (TPSA) is 79.3 Å². The average Bonchev–Trinajstić information content (AvgIpc) is 2.22. The molecule has 0 spiro atoms. The van der Waals surface area contributed by atoms with Crippen molar-refractivity contribution in [2.24, 2.45) is 5.73 Å². The molecule has 1 aromatic rings. The van der Waals surface area contributed by atoms with Gasteiger partial charge in [-0.25, -0.2) is 0 Å². The van der Waals surface area contributed by atoms with Crippen molar-refractivity contribution in [3.8, 4) is 17.6 Å². The summed E-state index contributed by atoms with van der Waals surface area (Å²) in [5.41, 5.74) is 6.39. The second-order valence-electron chi connectivity index (χ2n) is 3.02. The van der Waals surface area contributed by atoms with E-state index in [0.29, 0.717) is 5.56 Å². The Hall–Kier alpha value is -1.44. The normalized spacial score (nSPS) is 11.9. The Morgan fingerprint density at radius 3 is 2.87 bits per heavy atom. The number of methoxy groups -OCH3 is 1. The van der Waals surface area contributed by atoms with Crippen molar-refractivity contribution in [2.45, 2.75) is 12.5 Å². The summed E-state index contributed by atoms with van der Waals surface area (Å²) >= 11 is 5.77. The SMILES string of the molecule is COc1cc([C@H](N)CC#N)cc(Cl)c1O. The van der Waals surface area contributed by atoms with Crippen LogP contribution in [0.1, 0.15) is 18.0 Å². The van der Waals surface area contributed by atoms with Crippen LogP contribution in [0.25, 0.3) is 0 Å². The van der Waals surface area contributed by atoms with Crippen LogP contribution in [-0.4, -0.2) is 12.2 Å². The van der Waals surface area contributed by atoms with Crippen molar-refractivity contribution in [3.05, 3.63) is 22.7 Å². The number of ether oxygens (including phenoxy) is 1. The molecule has 0 radical (unpaired) electrons. The number of nitriles is 1. The van der Waals surface area contributed by atoms with Gasteiger partial charge in [0.2, 0.25) is 0 Å². The number of aromatic hydroxyl groups is 1. The fraction of sp³-hybridized carbons (Fsp3) is 0.300. The van der Waals surface area contributed by atoms with Gasteiger partial charge in [-0.2, -0.15) is 5.26 Å². The standard InChI is InChI=1S/C10H11ClN2O2/c1-15-9-5-6(8(13)2-3-12)4-7(11)10(9)14/h4-5,8,14H,2,13H2,1H3/t8-/m1/s1. The summed E-state index contributed by atoms with van der Waals surface area (Å²) in [6.07, 6.45) is 0.185. The van der Waals surface area contributed by atoms with Crippen molar-refractivity contribution in [1.82, 2.24) is 0 Å². The zero-order valence-electron chi connectivity index (χ0n) is 8.20. The maximum atomic E-state index is 9.47. The van der Waals surface area contributed by atoms with Gasteiger partial charge < -0.3 is 15.6 Å². The first-order chi connectivity index (χ1) is 7.10. The summed E-state index contributed by atoms with van der Waals surface area (Å²) in [7, 11) is 1.42. The number of benzene rings is 1. The fourth-order valence-electron chi connectivity index (χ4n) is 1.18. The van der Waals surface area contributed by atoms with Crippen LogP contribution in [0.2, 0.25) is 5.02 Å². The molecule has 1 rings (SSSR count). The molecule has 0 fully saturated rings. The van der Waals surface area contributed by atoms with Gasteiger partial charge in [-0.15, -0.1) is 0 Å². The number of hydrogen-bond acceptors (Lipinski definition) is 4. The third-order valence-corrected chi connectivity index (χ3v) is 2.30. The van der Waals surface area contributed by atoms with E-state index in [1.165, 1.54) is 13.2 Å². The predicted molar refractivity (Wildman–Crippen MR) is 56.8 cm³/mol. The van der Waals surface area contributed by atoms with Crippen LogP contribution in [0.5, 0.6) is 11.5 Å². The molecule has 3 N–H and O–H groups in total. The molecule has 0 amide bonds. The summed E-state index contributed by atoms with van der Waals surface area (Å²) in [5.74, 6) is 0.137. The van der Waals surface area contributed by atoms with Crippen LogP contribution in [0.4, 0.5) is 0 Å². The van der Waals surface area contributed by atoms with Crippen LogP contribution >= 0.6 is 11.6 Å². The minimum Gasteiger partial charge on any atom is -0.503 e. The highest BCUT2D eigenvalue weighted by atomic mass is 35.5. The van der Waals surface area contributed by atoms with Gasteiger partial charge in [-0.3, -0.25) is 0 Å². The molecule has 15 heavy (non-hydrogen) atoms. The first-order valence-corrected chi connectivity index (χ1v) is 4.67. The molecule has 0 aromatic heterocycles. The lowest BCUT2D eigenvalue weighted by atomic mass is 10.0. The zero-order chi connectivity index (χ0) is 11.4. The molecule has 0 unspecified atom stereocenters. The van der Waals surface area contributed by atoms with Crippen molar-refractivity contribution in [3.63, 3.8) is 0 Å². The number of hydrogen-bond donors (Lipinski definition) is 2. The second kappa shape index (κ2) is 4.87. The highest BCUT2D eigenvalue weighted by Crippen LogP contribution is 2.36. The number of phenolic OH excluding ortho intramolecular Hbond substituents is 1. The number of rotatable bonds is 3. The Kier molecular flexibility index (Phi) is 3.78. The molecule has 5 heteroatoms. The first kappa shape index (κ1) is 11.6. The molecule has 0 saturated heterocycles. The van der Waals surface area contributed by atoms with Gasteiger partial charge >= 0.3 is 0 Å². The van der Waals surface area contributed by atoms with E-state index in [0.717, 1.165) is 0 Å². The minimum absolute atomic E-state index is 0.118. The lowest BCUT2D eigenvalue weighted by Crippen LogP contribution is -2.09. The van der Waals surface area contributed by atoms with Crippen LogP contribution in [-0.2, 0) is 0 Å². The van der Waals surface area contributed by atoms with Gasteiger partial charge in [0.1, 0.15) is 0 Å². The van der Waals surface area contributed by atoms with Crippen molar-refractivity contribution < 1.29 is 9.84 Å². The Bertz CT molecular complexity index is 401. The maximum Gasteiger partial charge on any atom is 0.176 e. The molecule has 0 aliphatic rings. The summed E-state index contributed by atoms with van der Waals surface area (Å²) in [6.45, 7) is 0. The molecule has 4 nitrogen and oxygen atoms in total. The van der Waals surface area contributed by atoms with Gasteiger partial charge in [0.05, 0.1) is 24.6 Å². The molecule has 0 saturated carbocycles. The lowest BCUT2D eigenvalue weighted by molar-refractivity contribution is 0.372. The molecule has 0 aliphatic heterocycles. The van der Waals surface area contributed by atoms with Crippen molar-refractivity contribution in [2.75, 3.05) is 7.11 Å². The molecule has 0 aliphatic carbocycles. The van der Waals surface area contributed by atoms with E-state index in [1.54, 1.807) is 6.07 Å². The molecular weight excluding hydrogens is 216 g/mol. The average molecular weight is 227 g/mol. The summed E-state index contributed by atoms with van der Waals surface area (Å²) in [5, 5.41) is 18.1. The predicted octanol–water partition coefficient (Wildman–Crippen LogP) is 1.97. The third kappa shape index (κ3) is 2.52. The first-order valence-electron chi connectivity index (χ1n) is 4.29. The summed E-state index contributed by atoms with van der Waals surface area (Å²) in [6, 6.07) is 4.64. The quantitative estimate of drug-likeness (QED) is 0.826. The lowest BCUT2D eigenvalue weighted by Gasteiger charge is -2.12. The second-order valence-corrected chi connectivity index (χ2v) is 3.43. The number of halogens is 1. The van der Waals surface area contributed by atoms with Crippen LogP contribution in [0.3, 0.4) is 0 Å². The van der Waals surface area contributed by atoms with Gasteiger partial charge in [0, 0.05) is 6.04 Å². The van der Waals surface area contributed by atoms with Gasteiger partial charge in [-0.1, -0.05) is 11.6 Å². The minimum atomic E-state index is -0.429. The molecule has 0 bridgehead atoms. The fourth-order valence-corrected chi connectivity index (χ4v) is 1.40. The van der Waals surface area contributed by atoms with Gasteiger partial charge in [-0.05, 0) is 17.7 Å². The molecule has 80 valence electrons. The molecule has 0 heterocycles. The molecule has 1 atom stereocenters. The Labute approximate surface area is 92.8 Å². The summed E-state index contributed by atoms with van der Waals surface area (Å²) < 4.78 is 4.92. The smallest absolute Gasteiger partial charge is 0.176 e. The monoisotopic (exact) mass is 226 g/mol. The number of nitrogens with two attached hydrogens (primary N) is 1. The van der Waals surface area contributed by atoms with E-state index < -0.39 is 6.04 Å². The molecular formula is C10H11ClN2O2. The number of phenols is 1. The van der Waals surface area contributed by atoms with Crippen LogP contribution in [0, 0.1) is 11.3 Å². The maximum absolute atomic E-state index is 9.47. The van der Waals surface area contributed by atoms with Crippen LogP contribution in [0.15, 0.2) is 12.1 Å². The van der Waals surface area contributed by atoms with E-state index in [-0.39, 0.29) is 22.9 Å². The Morgan fingerprint density at radius 1 is 1.67 bits per heavy atom. The highest BCUT2D eigenvalue weighted by Gasteiger charge is 2.13. The Balaban J connectivity index is 3.11. The summed E-state index contributed by atoms with van der Waals surface area (Å²) in [4.78, 5) is 0. The van der Waals surface area contributed by atoms with Gasteiger partial charge in [0.25, 0.3) is 0 Å². The van der Waals surface area contributed by atoms with E-state index in [9.17, 15) is 5.11 Å². The van der Waals surface area contributed by atoms with E-state index >= 15 is 0 Å². The van der Waals surface area contributed by atoms with E-state index in [2.05, 4.69) is 0 Å². The molecule has 1 aromatic carbocycles. The zero-order valence-corrected chi connectivity index (χ0v) is 8.95. The van der Waals surface area contributed by atoms with E-state index in [4.69, 9.17) is 27.3 Å². The van der Waals surface area contributed by atoms with Gasteiger partial charge in [0.15, 0.2) is 11.5 Å².